The molecule has 1 aromatic carbocycles. The van der Waals surface area contributed by atoms with Gasteiger partial charge < -0.3 is 9.64 Å². The molecule has 0 aliphatic carbocycles. The van der Waals surface area contributed by atoms with Gasteiger partial charge in [-0.1, -0.05) is 23.7 Å². The second-order valence-electron chi connectivity index (χ2n) is 4.81. The van der Waals surface area contributed by atoms with Crippen LogP contribution < -0.4 is 0 Å². The largest absolute Gasteiger partial charge is 0.468 e. The number of amides is 1. The van der Waals surface area contributed by atoms with Gasteiger partial charge in [-0.25, -0.2) is 0 Å². The lowest BCUT2D eigenvalue weighted by atomic mass is 10.2. The maximum absolute atomic E-state index is 12.2. The van der Waals surface area contributed by atoms with Crippen molar-refractivity contribution in [1.29, 1.82) is 0 Å². The van der Waals surface area contributed by atoms with Crippen LogP contribution in [-0.2, 0) is 20.1 Å². The molecule has 0 spiro atoms. The van der Waals surface area contributed by atoms with Gasteiger partial charge in [0.05, 0.1) is 12.9 Å². The van der Waals surface area contributed by atoms with E-state index in [2.05, 4.69) is 4.74 Å². The molecule has 0 aromatic heterocycles. The Bertz CT molecular complexity index is 494. The van der Waals surface area contributed by atoms with Crippen molar-refractivity contribution in [2.75, 3.05) is 19.4 Å². The van der Waals surface area contributed by atoms with E-state index in [0.717, 1.165) is 5.56 Å². The number of carbonyl (C=O) groups is 2. The summed E-state index contributed by atoms with van der Waals surface area (Å²) < 4.78 is 4.61. The highest BCUT2D eigenvalue weighted by molar-refractivity contribution is 7.99. The number of methoxy groups -OCH3 is 1. The Morgan fingerprint density at radius 3 is 2.67 bits per heavy atom. The van der Waals surface area contributed by atoms with Crippen LogP contribution in [0, 0.1) is 0 Å². The fourth-order valence-electron chi connectivity index (χ4n) is 1.73. The zero-order valence-corrected chi connectivity index (χ0v) is 14.0. The van der Waals surface area contributed by atoms with Crippen LogP contribution in [0.5, 0.6) is 0 Å². The molecule has 0 atom stereocenters. The summed E-state index contributed by atoms with van der Waals surface area (Å²) in [6, 6.07) is 7.52. The third-order valence-corrected chi connectivity index (χ3v) is 4.08. The Balaban J connectivity index is 2.48. The molecule has 6 heteroatoms. The van der Waals surface area contributed by atoms with E-state index >= 15 is 0 Å². The van der Waals surface area contributed by atoms with Gasteiger partial charge >= 0.3 is 5.97 Å². The van der Waals surface area contributed by atoms with Crippen LogP contribution in [0.3, 0.4) is 0 Å². The molecule has 0 fully saturated rings. The predicted octanol–water partition coefficient (Wildman–Crippen LogP) is 2.98. The summed E-state index contributed by atoms with van der Waals surface area (Å²) in [6.07, 6.45) is 0. The van der Waals surface area contributed by atoms with Gasteiger partial charge in [0.2, 0.25) is 5.91 Å². The van der Waals surface area contributed by atoms with E-state index in [1.54, 1.807) is 0 Å². The summed E-state index contributed by atoms with van der Waals surface area (Å²) in [5.41, 5.74) is 1.07. The molecule has 0 unspecified atom stereocenters. The maximum atomic E-state index is 12.2. The average molecular weight is 330 g/mol. The molecular weight excluding hydrogens is 310 g/mol. The van der Waals surface area contributed by atoms with Crippen LogP contribution in [0.25, 0.3) is 0 Å². The maximum Gasteiger partial charge on any atom is 0.325 e. The number of esters is 1. The Hall–Kier alpha value is -1.20. The first kappa shape index (κ1) is 17.9. The second kappa shape index (κ2) is 8.95. The third-order valence-electron chi connectivity index (χ3n) is 2.85. The number of ether oxygens (including phenoxy) is 1. The molecule has 1 amide bonds. The molecule has 1 rings (SSSR count). The molecule has 0 bridgehead atoms. The zero-order chi connectivity index (χ0) is 15.8. The summed E-state index contributed by atoms with van der Waals surface area (Å²) in [7, 11) is 1.32. The van der Waals surface area contributed by atoms with Crippen LogP contribution in [0.4, 0.5) is 0 Å². The van der Waals surface area contributed by atoms with Crippen LogP contribution >= 0.6 is 23.4 Å². The van der Waals surface area contributed by atoms with E-state index < -0.39 is 5.97 Å². The number of hydrogen-bond donors (Lipinski definition) is 0. The molecule has 4 nitrogen and oxygen atoms in total. The van der Waals surface area contributed by atoms with Gasteiger partial charge in [0.1, 0.15) is 6.54 Å². The van der Waals surface area contributed by atoms with E-state index in [1.165, 1.54) is 23.8 Å². The van der Waals surface area contributed by atoms with Crippen molar-refractivity contribution in [3.63, 3.8) is 0 Å². The Labute approximate surface area is 134 Å². The van der Waals surface area contributed by atoms with Gasteiger partial charge in [0.25, 0.3) is 0 Å². The minimum absolute atomic E-state index is 0.00920. The molecule has 0 aliphatic heterocycles. The van der Waals surface area contributed by atoms with Crippen molar-refractivity contribution >= 4 is 35.2 Å². The summed E-state index contributed by atoms with van der Waals surface area (Å²) in [4.78, 5) is 25.0. The third kappa shape index (κ3) is 6.40. The smallest absolute Gasteiger partial charge is 0.325 e. The summed E-state index contributed by atoms with van der Waals surface area (Å²) >= 11 is 7.42. The highest BCUT2D eigenvalue weighted by atomic mass is 35.5. The summed E-state index contributed by atoms with van der Waals surface area (Å²) in [5, 5.41) is 0.689. The highest BCUT2D eigenvalue weighted by Gasteiger charge is 2.20. The van der Waals surface area contributed by atoms with Crippen molar-refractivity contribution in [1.82, 2.24) is 4.90 Å². The Kier molecular flexibility index (Phi) is 7.61. The van der Waals surface area contributed by atoms with Crippen LogP contribution in [0.2, 0.25) is 5.02 Å². The van der Waals surface area contributed by atoms with Crippen molar-refractivity contribution in [3.05, 3.63) is 34.9 Å². The van der Waals surface area contributed by atoms with E-state index in [-0.39, 0.29) is 18.5 Å². The van der Waals surface area contributed by atoms with E-state index in [9.17, 15) is 9.59 Å². The first-order valence-corrected chi connectivity index (χ1v) is 8.15. The normalized spacial score (nSPS) is 10.5. The highest BCUT2D eigenvalue weighted by Crippen LogP contribution is 2.17. The Morgan fingerprint density at radius 1 is 1.38 bits per heavy atom. The molecule has 21 heavy (non-hydrogen) atoms. The van der Waals surface area contributed by atoms with Crippen molar-refractivity contribution < 1.29 is 14.3 Å². The van der Waals surface area contributed by atoms with Gasteiger partial charge in [0, 0.05) is 16.8 Å². The first-order valence-electron chi connectivity index (χ1n) is 6.62. The number of carbonyl (C=O) groups excluding carboxylic acids is 2. The van der Waals surface area contributed by atoms with Crippen molar-refractivity contribution in [3.8, 4) is 0 Å². The quantitative estimate of drug-likeness (QED) is 0.721. The number of nitrogens with zero attached hydrogens (tertiary/aromatic N) is 1. The van der Waals surface area contributed by atoms with E-state index in [1.807, 2.05) is 38.1 Å². The van der Waals surface area contributed by atoms with Gasteiger partial charge in [-0.3, -0.25) is 9.59 Å². The number of rotatable bonds is 7. The minimum Gasteiger partial charge on any atom is -0.468 e. The molecule has 1 aromatic rings. The second-order valence-corrected chi connectivity index (χ2v) is 6.24. The lowest BCUT2D eigenvalue weighted by Crippen LogP contribution is -2.42. The number of thioether (sulfide) groups is 1. The van der Waals surface area contributed by atoms with Gasteiger partial charge in [-0.2, -0.15) is 0 Å². The van der Waals surface area contributed by atoms with Crippen LogP contribution in [0.15, 0.2) is 24.3 Å². The first-order chi connectivity index (χ1) is 9.93. The Morgan fingerprint density at radius 2 is 2.10 bits per heavy atom. The molecule has 0 saturated carbocycles. The molecule has 0 saturated heterocycles. The topological polar surface area (TPSA) is 46.6 Å². The van der Waals surface area contributed by atoms with Gasteiger partial charge in [-0.05, 0) is 31.5 Å². The molecule has 0 aliphatic rings. The lowest BCUT2D eigenvalue weighted by molar-refractivity contribution is -0.147. The number of hydrogen-bond acceptors (Lipinski definition) is 4. The molecule has 0 radical (unpaired) electrons. The van der Waals surface area contributed by atoms with Crippen molar-refractivity contribution in [2.24, 2.45) is 0 Å². The van der Waals surface area contributed by atoms with Crippen LogP contribution in [0.1, 0.15) is 19.4 Å². The SMILES string of the molecule is COC(=O)CN(C(=O)CSCc1cccc(Cl)c1)C(C)C. The standard InChI is InChI=1S/C15H20ClNO3S/c1-11(2)17(8-15(19)20-3)14(18)10-21-9-12-5-4-6-13(16)7-12/h4-7,11H,8-10H2,1-3H3. The average Bonchev–Trinajstić information content (AvgIpc) is 2.44. The summed E-state index contributed by atoms with van der Waals surface area (Å²) in [5.74, 6) is 0.553. The monoisotopic (exact) mass is 329 g/mol. The molecule has 0 heterocycles. The lowest BCUT2D eigenvalue weighted by Gasteiger charge is -2.25. The number of halogens is 1. The van der Waals surface area contributed by atoms with Gasteiger partial charge in [-0.15, -0.1) is 11.8 Å². The zero-order valence-electron chi connectivity index (χ0n) is 12.5. The van der Waals surface area contributed by atoms with Crippen molar-refractivity contribution in [2.45, 2.75) is 25.6 Å². The van der Waals surface area contributed by atoms with E-state index in [4.69, 9.17) is 11.6 Å². The molecular formula is C15H20ClNO3S. The fraction of sp³-hybridized carbons (Fsp3) is 0.467. The van der Waals surface area contributed by atoms with E-state index in [0.29, 0.717) is 16.5 Å². The minimum atomic E-state index is -0.406. The van der Waals surface area contributed by atoms with Crippen LogP contribution in [-0.4, -0.2) is 42.2 Å². The van der Waals surface area contributed by atoms with Gasteiger partial charge in [0.15, 0.2) is 0 Å². The molecule has 116 valence electrons. The fourth-order valence-corrected chi connectivity index (χ4v) is 2.80. The predicted molar refractivity (Wildman–Crippen MR) is 86.5 cm³/mol. The number of benzene rings is 1. The molecule has 0 N–H and O–H groups in total. The summed E-state index contributed by atoms with van der Waals surface area (Å²) in [6.45, 7) is 3.75.